The lowest BCUT2D eigenvalue weighted by Gasteiger charge is -2.22. The lowest BCUT2D eigenvalue weighted by Crippen LogP contribution is -2.44. The molecule has 0 fully saturated rings. The second kappa shape index (κ2) is 6.26. The molecule has 1 rings (SSSR count). The molecule has 112 valence electrons. The minimum Gasteiger partial charge on any atom is -0.480 e. The van der Waals surface area contributed by atoms with E-state index in [-0.39, 0.29) is 6.42 Å². The maximum Gasteiger partial charge on any atom is 0.408 e. The van der Waals surface area contributed by atoms with Crippen LogP contribution in [0.1, 0.15) is 36.1 Å². The number of aliphatic carboxylic acids is 1. The Hall–Kier alpha value is -1.56. The number of nitrogens with one attached hydrogen (secondary N) is 1. The third-order valence-corrected chi connectivity index (χ3v) is 3.70. The first-order valence-corrected chi connectivity index (χ1v) is 7.18. The van der Waals surface area contributed by atoms with Crippen molar-refractivity contribution in [1.29, 1.82) is 0 Å². The van der Waals surface area contributed by atoms with Crippen LogP contribution in [0, 0.1) is 13.8 Å². The van der Waals surface area contributed by atoms with Gasteiger partial charge in [0.2, 0.25) is 0 Å². The standard InChI is InChI=1S/C14H21NO4S/c1-8-6-9(2)20-11(8)7-10(12(16)17)15-13(18)19-14(3,4)5/h6,10H,7H2,1-5H3,(H,15,18)(H,16,17)/t10-/m1/s1. The van der Waals surface area contributed by atoms with Gasteiger partial charge in [-0.25, -0.2) is 9.59 Å². The van der Waals surface area contributed by atoms with Crippen molar-refractivity contribution in [2.75, 3.05) is 0 Å². The Morgan fingerprint density at radius 3 is 2.40 bits per heavy atom. The summed E-state index contributed by atoms with van der Waals surface area (Å²) in [5.41, 5.74) is 0.396. The number of carbonyl (C=O) groups is 2. The van der Waals surface area contributed by atoms with Gasteiger partial charge in [-0.3, -0.25) is 0 Å². The summed E-state index contributed by atoms with van der Waals surface area (Å²) in [4.78, 5) is 25.0. The van der Waals surface area contributed by atoms with Gasteiger partial charge in [-0.15, -0.1) is 11.3 Å². The first kappa shape index (κ1) is 16.5. The molecule has 1 heterocycles. The molecule has 5 nitrogen and oxygen atoms in total. The summed E-state index contributed by atoms with van der Waals surface area (Å²) >= 11 is 1.54. The van der Waals surface area contributed by atoms with Crippen LogP contribution in [0.15, 0.2) is 6.07 Å². The number of carbonyl (C=O) groups excluding carboxylic acids is 1. The molecule has 0 radical (unpaired) electrons. The monoisotopic (exact) mass is 299 g/mol. The summed E-state index contributed by atoms with van der Waals surface area (Å²) in [6.07, 6.45) is -0.449. The maximum absolute atomic E-state index is 11.7. The summed E-state index contributed by atoms with van der Waals surface area (Å²) in [5, 5.41) is 11.6. The maximum atomic E-state index is 11.7. The molecule has 1 atom stereocenters. The molecule has 0 aromatic carbocycles. The van der Waals surface area contributed by atoms with Gasteiger partial charge in [0.25, 0.3) is 0 Å². The van der Waals surface area contributed by atoms with Crippen LogP contribution in [0.25, 0.3) is 0 Å². The van der Waals surface area contributed by atoms with Crippen LogP contribution in [0.4, 0.5) is 4.79 Å². The number of carboxylic acids is 1. The van der Waals surface area contributed by atoms with Gasteiger partial charge in [0, 0.05) is 16.2 Å². The van der Waals surface area contributed by atoms with Gasteiger partial charge in [-0.1, -0.05) is 0 Å². The SMILES string of the molecule is Cc1cc(C)c(C[C@@H](NC(=O)OC(C)(C)C)C(=O)O)s1. The Morgan fingerprint density at radius 2 is 2.00 bits per heavy atom. The van der Waals surface area contributed by atoms with Crippen molar-refractivity contribution < 1.29 is 19.4 Å². The lowest BCUT2D eigenvalue weighted by molar-refractivity contribution is -0.139. The summed E-state index contributed by atoms with van der Waals surface area (Å²) in [6, 6.07) is 1.02. The van der Waals surface area contributed by atoms with Gasteiger partial charge in [0.05, 0.1) is 0 Å². The van der Waals surface area contributed by atoms with Crippen molar-refractivity contribution >= 4 is 23.4 Å². The predicted octanol–water partition coefficient (Wildman–Crippen LogP) is 2.89. The van der Waals surface area contributed by atoms with Crippen molar-refractivity contribution in [3.05, 3.63) is 21.4 Å². The van der Waals surface area contributed by atoms with E-state index in [1.807, 2.05) is 19.9 Å². The van der Waals surface area contributed by atoms with E-state index in [0.29, 0.717) is 0 Å². The van der Waals surface area contributed by atoms with Crippen LogP contribution < -0.4 is 5.32 Å². The lowest BCUT2D eigenvalue weighted by atomic mass is 10.1. The van der Waals surface area contributed by atoms with Crippen molar-refractivity contribution in [3.8, 4) is 0 Å². The Labute approximate surface area is 123 Å². The quantitative estimate of drug-likeness (QED) is 0.896. The Morgan fingerprint density at radius 1 is 1.40 bits per heavy atom. The number of hydrogen-bond donors (Lipinski definition) is 2. The molecular weight excluding hydrogens is 278 g/mol. The van der Waals surface area contributed by atoms with Gasteiger partial charge in [0.15, 0.2) is 0 Å². The normalized spacial score (nSPS) is 12.8. The molecule has 0 aliphatic heterocycles. The summed E-state index contributed by atoms with van der Waals surface area (Å²) in [7, 11) is 0. The number of hydrogen-bond acceptors (Lipinski definition) is 4. The molecule has 6 heteroatoms. The Bertz CT molecular complexity index is 502. The summed E-state index contributed by atoms with van der Waals surface area (Å²) in [5.74, 6) is -1.07. The number of aryl methyl sites for hydroxylation is 2. The second-order valence-electron chi connectivity index (χ2n) is 5.70. The number of ether oxygens (including phenoxy) is 1. The minimum absolute atomic E-state index is 0.263. The van der Waals surface area contributed by atoms with Gasteiger partial charge in [-0.2, -0.15) is 0 Å². The van der Waals surface area contributed by atoms with Gasteiger partial charge in [0.1, 0.15) is 11.6 Å². The van der Waals surface area contributed by atoms with Crippen molar-refractivity contribution in [1.82, 2.24) is 5.32 Å². The highest BCUT2D eigenvalue weighted by atomic mass is 32.1. The van der Waals surface area contributed by atoms with Crippen LogP contribution in [0.2, 0.25) is 0 Å². The zero-order valence-electron chi connectivity index (χ0n) is 12.4. The average Bonchev–Trinajstić information content (AvgIpc) is 2.53. The summed E-state index contributed by atoms with van der Waals surface area (Å²) in [6.45, 7) is 9.10. The smallest absolute Gasteiger partial charge is 0.408 e. The molecule has 0 saturated carbocycles. The topological polar surface area (TPSA) is 75.6 Å². The largest absolute Gasteiger partial charge is 0.480 e. The fourth-order valence-corrected chi connectivity index (χ4v) is 2.82. The molecule has 1 aromatic heterocycles. The fourth-order valence-electron chi connectivity index (χ4n) is 1.73. The first-order valence-electron chi connectivity index (χ1n) is 6.36. The van der Waals surface area contributed by atoms with Crippen LogP contribution in [-0.4, -0.2) is 28.8 Å². The zero-order chi connectivity index (χ0) is 15.5. The molecule has 2 N–H and O–H groups in total. The van der Waals surface area contributed by atoms with Crippen molar-refractivity contribution in [2.24, 2.45) is 0 Å². The number of thiophene rings is 1. The molecule has 20 heavy (non-hydrogen) atoms. The van der Waals surface area contributed by atoms with E-state index < -0.39 is 23.7 Å². The molecule has 0 aliphatic rings. The highest BCUT2D eigenvalue weighted by molar-refractivity contribution is 7.12. The van der Waals surface area contributed by atoms with E-state index in [1.165, 1.54) is 0 Å². The molecule has 0 spiro atoms. The molecule has 1 amide bonds. The van der Waals surface area contributed by atoms with E-state index in [9.17, 15) is 14.7 Å². The highest BCUT2D eigenvalue weighted by Gasteiger charge is 2.25. The van der Waals surface area contributed by atoms with E-state index in [0.717, 1.165) is 15.3 Å². The van der Waals surface area contributed by atoms with E-state index in [4.69, 9.17) is 4.74 Å². The number of rotatable bonds is 4. The molecule has 0 bridgehead atoms. The molecule has 0 aliphatic carbocycles. The van der Waals surface area contributed by atoms with E-state index in [2.05, 4.69) is 5.32 Å². The Kier molecular flexibility index (Phi) is 5.16. The van der Waals surface area contributed by atoms with Crippen LogP contribution in [0.5, 0.6) is 0 Å². The average molecular weight is 299 g/mol. The van der Waals surface area contributed by atoms with E-state index >= 15 is 0 Å². The third-order valence-electron chi connectivity index (χ3n) is 2.52. The Balaban J connectivity index is 2.73. The van der Waals surface area contributed by atoms with Crippen LogP contribution >= 0.6 is 11.3 Å². The summed E-state index contributed by atoms with van der Waals surface area (Å²) < 4.78 is 5.08. The van der Waals surface area contributed by atoms with Gasteiger partial charge in [-0.05, 0) is 46.2 Å². The number of carboxylic acid groups (broad SMARTS) is 1. The van der Waals surface area contributed by atoms with Crippen LogP contribution in [0.3, 0.4) is 0 Å². The van der Waals surface area contributed by atoms with Crippen LogP contribution in [-0.2, 0) is 16.0 Å². The fraction of sp³-hybridized carbons (Fsp3) is 0.571. The van der Waals surface area contributed by atoms with Crippen molar-refractivity contribution in [2.45, 2.75) is 52.7 Å². The van der Waals surface area contributed by atoms with E-state index in [1.54, 1.807) is 32.1 Å². The van der Waals surface area contributed by atoms with Gasteiger partial charge >= 0.3 is 12.1 Å². The van der Waals surface area contributed by atoms with Gasteiger partial charge < -0.3 is 15.2 Å². The molecule has 0 unspecified atom stereocenters. The highest BCUT2D eigenvalue weighted by Crippen LogP contribution is 2.22. The molecular formula is C14H21NO4S. The minimum atomic E-state index is -1.07. The number of amides is 1. The first-order chi connectivity index (χ1) is 9.08. The third kappa shape index (κ3) is 5.21. The second-order valence-corrected chi connectivity index (χ2v) is 7.05. The molecule has 1 aromatic rings. The predicted molar refractivity (Wildman–Crippen MR) is 78.3 cm³/mol. The zero-order valence-corrected chi connectivity index (χ0v) is 13.3. The molecule has 0 saturated heterocycles. The van der Waals surface area contributed by atoms with Crippen molar-refractivity contribution in [3.63, 3.8) is 0 Å². The number of alkyl carbamates (subject to hydrolysis) is 1.